The van der Waals surface area contributed by atoms with Crippen molar-refractivity contribution in [2.24, 2.45) is 17.8 Å². The average molecular weight is 525 g/mol. The SMILES string of the molecule is CC(C)(C)OC(=O)N1CC([C@@H]2C[C@H]2COCCCCO[C@H]2C[C@H](Oc3ccc(Br)cn3)C2)C1. The molecule has 0 radical (unpaired) electrons. The van der Waals surface area contributed by atoms with Crippen LogP contribution in [0.25, 0.3) is 0 Å². The molecule has 4 rings (SSSR count). The molecule has 2 heterocycles. The Bertz CT molecular complexity index is 772. The van der Waals surface area contributed by atoms with Crippen molar-refractivity contribution in [1.29, 1.82) is 0 Å². The Kier molecular flexibility index (Phi) is 8.18. The molecule has 2 aliphatic carbocycles. The number of amides is 1. The second-order valence-corrected chi connectivity index (χ2v) is 11.5. The number of likely N-dealkylation sites (tertiary alicyclic amines) is 1. The zero-order valence-corrected chi connectivity index (χ0v) is 21.6. The highest BCUT2D eigenvalue weighted by Gasteiger charge is 2.49. The van der Waals surface area contributed by atoms with Crippen LogP contribution in [0, 0.1) is 17.8 Å². The van der Waals surface area contributed by atoms with Crippen LogP contribution in [0.2, 0.25) is 0 Å². The number of unbranched alkanes of at least 4 members (excludes halogenated alkanes) is 1. The number of carbonyl (C=O) groups excluding carboxylic acids is 1. The van der Waals surface area contributed by atoms with Gasteiger partial charge in [-0.2, -0.15) is 0 Å². The third-order valence-corrected chi connectivity index (χ3v) is 7.02. The van der Waals surface area contributed by atoms with Gasteiger partial charge in [0, 0.05) is 62.5 Å². The van der Waals surface area contributed by atoms with Gasteiger partial charge in [-0.25, -0.2) is 9.78 Å². The number of hydrogen-bond donors (Lipinski definition) is 0. The molecule has 1 saturated heterocycles. The van der Waals surface area contributed by atoms with Crippen molar-refractivity contribution in [3.8, 4) is 5.88 Å². The molecule has 0 unspecified atom stereocenters. The Hall–Kier alpha value is -1.38. The Morgan fingerprint density at radius 2 is 1.88 bits per heavy atom. The van der Waals surface area contributed by atoms with Gasteiger partial charge in [0.05, 0.1) is 6.10 Å². The van der Waals surface area contributed by atoms with Crippen LogP contribution < -0.4 is 4.74 Å². The van der Waals surface area contributed by atoms with E-state index in [1.54, 1.807) is 6.20 Å². The van der Waals surface area contributed by atoms with Crippen LogP contribution in [0.1, 0.15) is 52.9 Å². The van der Waals surface area contributed by atoms with Gasteiger partial charge < -0.3 is 23.8 Å². The van der Waals surface area contributed by atoms with E-state index < -0.39 is 5.60 Å². The average Bonchev–Trinajstić information content (AvgIpc) is 3.42. The Balaban J connectivity index is 0.948. The first-order valence-corrected chi connectivity index (χ1v) is 13.0. The summed E-state index contributed by atoms with van der Waals surface area (Å²) in [6.07, 6.45) is 7.25. The summed E-state index contributed by atoms with van der Waals surface area (Å²) in [6.45, 7) is 9.82. The molecule has 0 spiro atoms. The minimum Gasteiger partial charge on any atom is -0.474 e. The molecule has 184 valence electrons. The lowest BCUT2D eigenvalue weighted by Crippen LogP contribution is -2.52. The molecule has 7 nitrogen and oxygen atoms in total. The van der Waals surface area contributed by atoms with E-state index in [4.69, 9.17) is 18.9 Å². The molecule has 1 amide bonds. The molecule has 2 atom stereocenters. The van der Waals surface area contributed by atoms with Gasteiger partial charge in [0.15, 0.2) is 0 Å². The van der Waals surface area contributed by atoms with Crippen molar-refractivity contribution < 1.29 is 23.7 Å². The molecule has 1 aromatic heterocycles. The summed E-state index contributed by atoms with van der Waals surface area (Å²) in [4.78, 5) is 18.1. The Labute approximate surface area is 205 Å². The van der Waals surface area contributed by atoms with Crippen molar-refractivity contribution in [2.45, 2.75) is 70.7 Å². The van der Waals surface area contributed by atoms with E-state index in [1.165, 1.54) is 6.42 Å². The highest BCUT2D eigenvalue weighted by atomic mass is 79.9. The summed E-state index contributed by atoms with van der Waals surface area (Å²) in [7, 11) is 0. The third-order valence-electron chi connectivity index (χ3n) is 6.55. The van der Waals surface area contributed by atoms with Crippen LogP contribution >= 0.6 is 15.9 Å². The lowest BCUT2D eigenvalue weighted by Gasteiger charge is -2.40. The quantitative estimate of drug-likeness (QED) is 0.376. The normalized spacial score (nSPS) is 27.0. The number of aromatic nitrogens is 1. The van der Waals surface area contributed by atoms with Gasteiger partial charge in [-0.3, -0.25) is 0 Å². The lowest BCUT2D eigenvalue weighted by atomic mass is 9.92. The minimum atomic E-state index is -0.421. The Morgan fingerprint density at radius 1 is 1.12 bits per heavy atom. The van der Waals surface area contributed by atoms with Crippen molar-refractivity contribution in [3.05, 3.63) is 22.8 Å². The summed E-state index contributed by atoms with van der Waals surface area (Å²) < 4.78 is 24.0. The van der Waals surface area contributed by atoms with Crippen LogP contribution in [0.5, 0.6) is 5.88 Å². The summed E-state index contributed by atoms with van der Waals surface area (Å²) in [6, 6.07) is 3.82. The van der Waals surface area contributed by atoms with Crippen molar-refractivity contribution in [3.63, 3.8) is 0 Å². The van der Waals surface area contributed by atoms with Crippen LogP contribution in [0.4, 0.5) is 4.79 Å². The largest absolute Gasteiger partial charge is 0.474 e. The second-order valence-electron chi connectivity index (χ2n) is 10.6. The number of halogens is 1. The number of pyridine rings is 1. The zero-order chi connectivity index (χ0) is 23.4. The van der Waals surface area contributed by atoms with E-state index in [0.29, 0.717) is 29.7 Å². The van der Waals surface area contributed by atoms with Crippen LogP contribution in [-0.4, -0.2) is 66.7 Å². The van der Waals surface area contributed by atoms with Gasteiger partial charge in [-0.05, 0) is 79.8 Å². The second kappa shape index (κ2) is 10.9. The predicted octanol–water partition coefficient (Wildman–Crippen LogP) is 5.07. The molecular weight excluding hydrogens is 488 g/mol. The molecule has 3 aliphatic rings. The number of carbonyl (C=O) groups is 1. The molecule has 0 aromatic carbocycles. The van der Waals surface area contributed by atoms with Gasteiger partial charge in [0.2, 0.25) is 5.88 Å². The summed E-state index contributed by atoms with van der Waals surface area (Å²) in [5.74, 6) is 2.68. The third kappa shape index (κ3) is 7.55. The molecule has 1 aliphatic heterocycles. The fourth-order valence-corrected chi connectivity index (χ4v) is 4.68. The van der Waals surface area contributed by atoms with E-state index in [-0.39, 0.29) is 12.2 Å². The van der Waals surface area contributed by atoms with E-state index >= 15 is 0 Å². The molecule has 8 heteroatoms. The van der Waals surface area contributed by atoms with Gasteiger partial charge in [0.25, 0.3) is 0 Å². The fraction of sp³-hybridized carbons (Fsp3) is 0.760. The standard InChI is InChI=1S/C25H37BrN2O5/c1-25(2,3)33-24(29)28-14-18(15-28)22-10-17(22)16-30-8-4-5-9-31-20-11-21(12-20)32-23-7-6-19(26)13-27-23/h6-7,13,17-18,20-22H,4-5,8-12,14-16H2,1-3H3/t17-,20-,21-,22+/m0/s1. The van der Waals surface area contributed by atoms with Gasteiger partial charge >= 0.3 is 6.09 Å². The maximum atomic E-state index is 12.0. The molecule has 3 fully saturated rings. The molecule has 0 bridgehead atoms. The monoisotopic (exact) mass is 524 g/mol. The first kappa shape index (κ1) is 24.7. The van der Waals surface area contributed by atoms with Gasteiger partial charge in [-0.15, -0.1) is 0 Å². The van der Waals surface area contributed by atoms with Crippen LogP contribution in [0.3, 0.4) is 0 Å². The summed E-state index contributed by atoms with van der Waals surface area (Å²) >= 11 is 3.38. The van der Waals surface area contributed by atoms with Gasteiger partial charge in [-0.1, -0.05) is 0 Å². The van der Waals surface area contributed by atoms with E-state index in [0.717, 1.165) is 63.1 Å². The molecule has 1 aromatic rings. The molecule has 0 N–H and O–H groups in total. The number of rotatable bonds is 11. The fourth-order valence-electron chi connectivity index (χ4n) is 4.44. The van der Waals surface area contributed by atoms with E-state index in [2.05, 4.69) is 20.9 Å². The summed E-state index contributed by atoms with van der Waals surface area (Å²) in [5, 5.41) is 0. The van der Waals surface area contributed by atoms with E-state index in [9.17, 15) is 4.79 Å². The maximum Gasteiger partial charge on any atom is 0.410 e. The Morgan fingerprint density at radius 3 is 2.58 bits per heavy atom. The highest BCUT2D eigenvalue weighted by Crippen LogP contribution is 2.47. The number of nitrogens with zero attached hydrogens (tertiary/aromatic N) is 2. The van der Waals surface area contributed by atoms with Crippen molar-refractivity contribution in [2.75, 3.05) is 32.9 Å². The summed E-state index contributed by atoms with van der Waals surface area (Å²) in [5.41, 5.74) is -0.421. The number of ether oxygens (including phenoxy) is 4. The van der Waals surface area contributed by atoms with Crippen molar-refractivity contribution in [1.82, 2.24) is 9.88 Å². The molecule has 2 saturated carbocycles. The topological polar surface area (TPSA) is 70.1 Å². The number of hydrogen-bond acceptors (Lipinski definition) is 6. The van der Waals surface area contributed by atoms with Crippen LogP contribution in [-0.2, 0) is 14.2 Å². The molecular formula is C25H37BrN2O5. The first-order chi connectivity index (χ1) is 15.8. The zero-order valence-electron chi connectivity index (χ0n) is 20.0. The van der Waals surface area contributed by atoms with E-state index in [1.807, 2.05) is 37.8 Å². The minimum absolute atomic E-state index is 0.180. The smallest absolute Gasteiger partial charge is 0.410 e. The lowest BCUT2D eigenvalue weighted by molar-refractivity contribution is -0.0637. The highest BCUT2D eigenvalue weighted by molar-refractivity contribution is 9.10. The van der Waals surface area contributed by atoms with Crippen LogP contribution in [0.15, 0.2) is 22.8 Å². The predicted molar refractivity (Wildman–Crippen MR) is 128 cm³/mol. The maximum absolute atomic E-state index is 12.0. The van der Waals surface area contributed by atoms with Crippen molar-refractivity contribution >= 4 is 22.0 Å². The first-order valence-electron chi connectivity index (χ1n) is 12.2. The molecule has 33 heavy (non-hydrogen) atoms. The van der Waals surface area contributed by atoms with Gasteiger partial charge in [0.1, 0.15) is 11.7 Å².